The third-order valence-corrected chi connectivity index (χ3v) is 4.43. The summed E-state index contributed by atoms with van der Waals surface area (Å²) in [4.78, 5) is 17.5. The van der Waals surface area contributed by atoms with E-state index in [0.717, 1.165) is 28.0 Å². The molecule has 136 valence electrons. The Bertz CT molecular complexity index is 1130. The highest BCUT2D eigenvalue weighted by molar-refractivity contribution is 6.12. The van der Waals surface area contributed by atoms with E-state index in [1.807, 2.05) is 62.1 Å². The molecule has 0 bridgehead atoms. The summed E-state index contributed by atoms with van der Waals surface area (Å²) < 4.78 is 3.55. The molecule has 27 heavy (non-hydrogen) atoms. The van der Waals surface area contributed by atoms with Crippen LogP contribution in [0.15, 0.2) is 48.8 Å². The number of nitrogens with one attached hydrogen (secondary N) is 1. The number of aryl methyl sites for hydroxylation is 3. The van der Waals surface area contributed by atoms with Gasteiger partial charge in [-0.2, -0.15) is 10.2 Å². The number of anilines is 1. The van der Waals surface area contributed by atoms with Crippen molar-refractivity contribution < 1.29 is 4.79 Å². The van der Waals surface area contributed by atoms with E-state index in [1.165, 1.54) is 0 Å². The van der Waals surface area contributed by atoms with Gasteiger partial charge in [-0.25, -0.2) is 4.98 Å². The molecule has 0 radical (unpaired) electrons. The molecule has 4 aromatic rings. The molecule has 0 spiro atoms. The van der Waals surface area contributed by atoms with Crippen molar-refractivity contribution in [1.29, 1.82) is 0 Å². The van der Waals surface area contributed by atoms with E-state index < -0.39 is 0 Å². The minimum absolute atomic E-state index is 0.169. The van der Waals surface area contributed by atoms with E-state index in [4.69, 9.17) is 0 Å². The highest BCUT2D eigenvalue weighted by atomic mass is 16.1. The highest BCUT2D eigenvalue weighted by Gasteiger charge is 2.18. The third kappa shape index (κ3) is 3.31. The quantitative estimate of drug-likeness (QED) is 0.607. The lowest BCUT2D eigenvalue weighted by Crippen LogP contribution is -2.13. The summed E-state index contributed by atoms with van der Waals surface area (Å²) in [6, 6.07) is 11.5. The zero-order valence-electron chi connectivity index (χ0n) is 15.5. The van der Waals surface area contributed by atoms with Gasteiger partial charge in [0.05, 0.1) is 23.2 Å². The van der Waals surface area contributed by atoms with Crippen LogP contribution in [0.25, 0.3) is 11.0 Å². The Labute approximate surface area is 156 Å². The fourth-order valence-corrected chi connectivity index (χ4v) is 3.28. The Morgan fingerprint density at radius 3 is 2.81 bits per heavy atom. The van der Waals surface area contributed by atoms with Gasteiger partial charge in [0.25, 0.3) is 5.91 Å². The summed E-state index contributed by atoms with van der Waals surface area (Å²) >= 11 is 0. The van der Waals surface area contributed by atoms with Crippen LogP contribution in [0.4, 0.5) is 5.69 Å². The van der Waals surface area contributed by atoms with Gasteiger partial charge in [0.15, 0.2) is 5.65 Å². The Kier molecular flexibility index (Phi) is 4.19. The number of amides is 1. The predicted molar refractivity (Wildman–Crippen MR) is 104 cm³/mol. The molecule has 1 N–H and O–H groups in total. The number of pyridine rings is 1. The molecular formula is C20H20N6O. The number of hydrogen-bond acceptors (Lipinski definition) is 4. The fraction of sp³-hybridized carbons (Fsp3) is 0.200. The summed E-state index contributed by atoms with van der Waals surface area (Å²) in [6.07, 6.45) is 3.66. The Balaban J connectivity index is 1.64. The second kappa shape index (κ2) is 6.68. The van der Waals surface area contributed by atoms with Crippen LogP contribution in [0.1, 0.15) is 27.3 Å². The summed E-state index contributed by atoms with van der Waals surface area (Å²) in [5.74, 6) is -0.169. The molecule has 0 saturated heterocycles. The van der Waals surface area contributed by atoms with Gasteiger partial charge in [-0.15, -0.1) is 0 Å². The number of carbonyl (C=O) groups excluding carboxylic acids is 1. The zero-order valence-corrected chi connectivity index (χ0v) is 15.5. The van der Waals surface area contributed by atoms with Crippen molar-refractivity contribution in [3.8, 4) is 0 Å². The maximum Gasteiger partial charge on any atom is 0.256 e. The number of benzene rings is 1. The normalized spacial score (nSPS) is 11.1. The molecule has 3 heterocycles. The molecule has 4 rings (SSSR count). The standard InChI is InChI=1S/C20H20N6O/c1-13-10-17(18-14(2)24-25(3)19(18)22-13)20(27)23-16-7-4-6-15(11-16)12-26-9-5-8-21-26/h4-11H,12H2,1-3H3,(H,23,27). The lowest BCUT2D eigenvalue weighted by molar-refractivity contribution is 0.102. The number of aromatic nitrogens is 5. The van der Waals surface area contributed by atoms with Gasteiger partial charge in [-0.05, 0) is 43.7 Å². The second-order valence-corrected chi connectivity index (χ2v) is 6.58. The van der Waals surface area contributed by atoms with Gasteiger partial charge in [0, 0.05) is 30.8 Å². The number of rotatable bonds is 4. The molecular weight excluding hydrogens is 340 g/mol. The lowest BCUT2D eigenvalue weighted by Gasteiger charge is -2.09. The number of nitrogens with zero attached hydrogens (tertiary/aromatic N) is 5. The summed E-state index contributed by atoms with van der Waals surface area (Å²) in [6.45, 7) is 4.42. The fourth-order valence-electron chi connectivity index (χ4n) is 3.28. The first-order valence-corrected chi connectivity index (χ1v) is 8.70. The zero-order chi connectivity index (χ0) is 19.0. The van der Waals surface area contributed by atoms with Crippen molar-refractivity contribution in [3.05, 3.63) is 71.3 Å². The van der Waals surface area contributed by atoms with Crippen LogP contribution < -0.4 is 5.32 Å². The lowest BCUT2D eigenvalue weighted by atomic mass is 10.1. The van der Waals surface area contributed by atoms with Crippen LogP contribution in [0.2, 0.25) is 0 Å². The molecule has 0 unspecified atom stereocenters. The van der Waals surface area contributed by atoms with Crippen molar-refractivity contribution in [2.45, 2.75) is 20.4 Å². The molecule has 0 saturated carbocycles. The summed E-state index contributed by atoms with van der Waals surface area (Å²) in [7, 11) is 1.84. The Morgan fingerprint density at radius 2 is 2.04 bits per heavy atom. The van der Waals surface area contributed by atoms with Gasteiger partial charge in [-0.3, -0.25) is 14.2 Å². The van der Waals surface area contributed by atoms with E-state index in [9.17, 15) is 4.79 Å². The molecule has 3 aromatic heterocycles. The van der Waals surface area contributed by atoms with Crippen molar-refractivity contribution in [1.82, 2.24) is 24.5 Å². The smallest absolute Gasteiger partial charge is 0.256 e. The van der Waals surface area contributed by atoms with Gasteiger partial charge >= 0.3 is 0 Å². The van der Waals surface area contributed by atoms with Crippen LogP contribution in [0.3, 0.4) is 0 Å². The maximum absolute atomic E-state index is 13.0. The van der Waals surface area contributed by atoms with Crippen molar-refractivity contribution >= 4 is 22.6 Å². The number of fused-ring (bicyclic) bond motifs is 1. The molecule has 7 heteroatoms. The molecule has 0 aliphatic carbocycles. The van der Waals surface area contributed by atoms with E-state index in [-0.39, 0.29) is 5.91 Å². The summed E-state index contributed by atoms with van der Waals surface area (Å²) in [5, 5.41) is 12.4. The van der Waals surface area contributed by atoms with Crippen LogP contribution >= 0.6 is 0 Å². The van der Waals surface area contributed by atoms with Crippen molar-refractivity contribution in [2.24, 2.45) is 7.05 Å². The first-order valence-electron chi connectivity index (χ1n) is 8.70. The van der Waals surface area contributed by atoms with Crippen LogP contribution in [-0.2, 0) is 13.6 Å². The molecule has 0 aliphatic heterocycles. The first kappa shape index (κ1) is 17.0. The number of carbonyl (C=O) groups is 1. The van der Waals surface area contributed by atoms with E-state index in [1.54, 1.807) is 16.9 Å². The van der Waals surface area contributed by atoms with E-state index in [0.29, 0.717) is 17.8 Å². The van der Waals surface area contributed by atoms with Gasteiger partial charge in [0.1, 0.15) is 0 Å². The predicted octanol–water partition coefficient (Wildman–Crippen LogP) is 3.08. The Morgan fingerprint density at radius 1 is 1.19 bits per heavy atom. The SMILES string of the molecule is Cc1cc(C(=O)Nc2cccc(Cn3cccn3)c2)c2c(C)nn(C)c2n1. The molecule has 1 amide bonds. The van der Waals surface area contributed by atoms with E-state index >= 15 is 0 Å². The van der Waals surface area contributed by atoms with Gasteiger partial charge in [-0.1, -0.05) is 12.1 Å². The highest BCUT2D eigenvalue weighted by Crippen LogP contribution is 2.23. The molecule has 7 nitrogen and oxygen atoms in total. The van der Waals surface area contributed by atoms with Crippen molar-refractivity contribution in [2.75, 3.05) is 5.32 Å². The minimum Gasteiger partial charge on any atom is -0.322 e. The number of hydrogen-bond donors (Lipinski definition) is 1. The van der Waals surface area contributed by atoms with Gasteiger partial charge < -0.3 is 5.32 Å². The summed E-state index contributed by atoms with van der Waals surface area (Å²) in [5.41, 5.74) is 4.67. The van der Waals surface area contributed by atoms with Crippen LogP contribution in [0, 0.1) is 13.8 Å². The van der Waals surface area contributed by atoms with Crippen molar-refractivity contribution in [3.63, 3.8) is 0 Å². The van der Waals surface area contributed by atoms with Crippen LogP contribution in [0.5, 0.6) is 0 Å². The third-order valence-electron chi connectivity index (χ3n) is 4.43. The van der Waals surface area contributed by atoms with Crippen LogP contribution in [-0.4, -0.2) is 30.5 Å². The van der Waals surface area contributed by atoms with E-state index in [2.05, 4.69) is 20.5 Å². The monoisotopic (exact) mass is 360 g/mol. The molecule has 0 atom stereocenters. The second-order valence-electron chi connectivity index (χ2n) is 6.58. The topological polar surface area (TPSA) is 77.6 Å². The average molecular weight is 360 g/mol. The van der Waals surface area contributed by atoms with Gasteiger partial charge in [0.2, 0.25) is 0 Å². The first-order chi connectivity index (χ1) is 13.0. The Hall–Kier alpha value is -3.48. The maximum atomic E-state index is 13.0. The largest absolute Gasteiger partial charge is 0.322 e. The average Bonchev–Trinajstić information content (AvgIpc) is 3.23. The molecule has 1 aromatic carbocycles. The minimum atomic E-state index is -0.169. The molecule has 0 fully saturated rings. The molecule has 0 aliphatic rings.